The molecular weight excluding hydrogens is 268 g/mol. The molecule has 0 aromatic rings. The Hall–Kier alpha value is -0.0800. The highest BCUT2D eigenvalue weighted by atomic mass is 15.1. The average Bonchev–Trinajstić information content (AvgIpc) is 3.23. The smallest absolute Gasteiger partial charge is 0.00292 e. The van der Waals surface area contributed by atoms with Crippen molar-refractivity contribution in [2.75, 3.05) is 40.8 Å². The minimum absolute atomic E-state index is 0.659. The third-order valence-corrected chi connectivity index (χ3v) is 4.85. The topological polar surface area (TPSA) is 6.48 Å². The van der Waals surface area contributed by atoms with Gasteiger partial charge in [-0.1, -0.05) is 54.9 Å². The lowest BCUT2D eigenvalue weighted by Gasteiger charge is -2.37. The zero-order chi connectivity index (χ0) is 17.8. The fraction of sp³-hybridized carbons (Fsp3) is 1.00. The number of hydrogen-bond acceptors (Lipinski definition) is 2. The summed E-state index contributed by atoms with van der Waals surface area (Å²) in [4.78, 5) is 4.70. The molecule has 0 aromatic heterocycles. The maximum Gasteiger partial charge on any atom is 0.00292 e. The van der Waals surface area contributed by atoms with E-state index in [4.69, 9.17) is 0 Å². The molecule has 2 heteroatoms. The molecule has 2 aliphatic rings. The molecule has 1 aliphatic carbocycles. The third-order valence-electron chi connectivity index (χ3n) is 4.85. The quantitative estimate of drug-likeness (QED) is 0.676. The van der Waals surface area contributed by atoms with E-state index in [1.807, 2.05) is 27.7 Å². The zero-order valence-corrected chi connectivity index (χ0v) is 17.6. The second-order valence-corrected chi connectivity index (χ2v) is 7.52. The molecule has 0 amide bonds. The lowest BCUT2D eigenvalue weighted by Crippen LogP contribution is -2.35. The Bertz CT molecular complexity index is 236. The van der Waals surface area contributed by atoms with Crippen LogP contribution in [-0.4, -0.2) is 50.6 Å². The van der Waals surface area contributed by atoms with Crippen molar-refractivity contribution in [2.24, 2.45) is 10.8 Å². The van der Waals surface area contributed by atoms with Gasteiger partial charge in [-0.2, -0.15) is 0 Å². The molecule has 2 rings (SSSR count). The minimum Gasteiger partial charge on any atom is -0.309 e. The number of likely N-dealkylation sites (tertiary alicyclic amines) is 1. The first kappa shape index (κ1) is 24.2. The summed E-state index contributed by atoms with van der Waals surface area (Å²) in [6.07, 6.45) is 7.00. The van der Waals surface area contributed by atoms with Crippen LogP contribution in [0.2, 0.25) is 0 Å². The van der Waals surface area contributed by atoms with Crippen molar-refractivity contribution >= 4 is 0 Å². The van der Waals surface area contributed by atoms with Gasteiger partial charge in [0.1, 0.15) is 0 Å². The van der Waals surface area contributed by atoms with Gasteiger partial charge in [0.05, 0.1) is 0 Å². The molecule has 2 fully saturated rings. The van der Waals surface area contributed by atoms with Gasteiger partial charge in [0.2, 0.25) is 0 Å². The molecule has 0 bridgehead atoms. The van der Waals surface area contributed by atoms with E-state index in [1.54, 1.807) is 0 Å². The molecule has 0 atom stereocenters. The van der Waals surface area contributed by atoms with Gasteiger partial charge in [-0.3, -0.25) is 0 Å². The highest BCUT2D eigenvalue weighted by Gasteiger charge is 2.37. The first-order valence-corrected chi connectivity index (χ1v) is 9.62. The molecule has 1 saturated carbocycles. The van der Waals surface area contributed by atoms with Crippen LogP contribution in [0.3, 0.4) is 0 Å². The largest absolute Gasteiger partial charge is 0.309 e. The predicted molar refractivity (Wildman–Crippen MR) is 104 cm³/mol. The van der Waals surface area contributed by atoms with E-state index in [-0.39, 0.29) is 0 Å². The molecule has 0 aromatic carbocycles. The summed E-state index contributed by atoms with van der Waals surface area (Å²) in [6.45, 7) is 18.9. The number of piperidine rings is 1. The Kier molecular flexibility index (Phi) is 13.6. The summed E-state index contributed by atoms with van der Waals surface area (Å²) in [5.74, 6) is 0. The van der Waals surface area contributed by atoms with Crippen LogP contribution in [0.25, 0.3) is 0 Å². The molecule has 136 valence electrons. The van der Waals surface area contributed by atoms with Crippen molar-refractivity contribution in [1.82, 2.24) is 9.80 Å². The van der Waals surface area contributed by atoms with Crippen LogP contribution in [-0.2, 0) is 0 Å². The van der Waals surface area contributed by atoms with Crippen LogP contribution in [0, 0.1) is 10.8 Å². The molecule has 0 N–H and O–H groups in total. The normalized spacial score (nSPS) is 21.4. The SMILES string of the molecule is CC.CC.CCC1(C)CCN(C)CC1.CN(C)CC1(C)CC1. The van der Waals surface area contributed by atoms with Crippen molar-refractivity contribution in [1.29, 1.82) is 0 Å². The number of nitrogens with zero attached hydrogens (tertiary/aromatic N) is 2. The maximum absolute atomic E-state index is 2.43. The van der Waals surface area contributed by atoms with E-state index >= 15 is 0 Å². The molecule has 1 heterocycles. The monoisotopic (exact) mass is 314 g/mol. The summed E-state index contributed by atoms with van der Waals surface area (Å²) in [6, 6.07) is 0. The molecule has 0 radical (unpaired) electrons. The van der Waals surface area contributed by atoms with E-state index in [0.717, 1.165) is 0 Å². The maximum atomic E-state index is 2.43. The van der Waals surface area contributed by atoms with Crippen LogP contribution in [0.15, 0.2) is 0 Å². The van der Waals surface area contributed by atoms with Crippen LogP contribution < -0.4 is 0 Å². The van der Waals surface area contributed by atoms with E-state index in [1.165, 1.54) is 51.7 Å². The molecule has 22 heavy (non-hydrogen) atoms. The van der Waals surface area contributed by atoms with Crippen molar-refractivity contribution in [2.45, 2.75) is 80.6 Å². The molecule has 1 saturated heterocycles. The van der Waals surface area contributed by atoms with E-state index in [2.05, 4.69) is 51.7 Å². The summed E-state index contributed by atoms with van der Waals surface area (Å²) < 4.78 is 0. The first-order valence-electron chi connectivity index (χ1n) is 9.62. The fourth-order valence-electron chi connectivity index (χ4n) is 2.65. The van der Waals surface area contributed by atoms with Crippen LogP contribution in [0.5, 0.6) is 0 Å². The summed E-state index contributed by atoms with van der Waals surface area (Å²) >= 11 is 0. The van der Waals surface area contributed by atoms with Crippen molar-refractivity contribution in [3.63, 3.8) is 0 Å². The van der Waals surface area contributed by atoms with Crippen molar-refractivity contribution < 1.29 is 0 Å². The van der Waals surface area contributed by atoms with Gasteiger partial charge in [-0.15, -0.1) is 0 Å². The molecule has 0 spiro atoms. The van der Waals surface area contributed by atoms with Crippen molar-refractivity contribution in [3.8, 4) is 0 Å². The van der Waals surface area contributed by atoms with Crippen LogP contribution in [0.4, 0.5) is 0 Å². The summed E-state index contributed by atoms with van der Waals surface area (Å²) in [5.41, 5.74) is 1.36. The van der Waals surface area contributed by atoms with Gasteiger partial charge in [0.15, 0.2) is 0 Å². The standard InChI is InChI=1S/C9H19N.C7H15N.2C2H6/c1-4-9(2)5-7-10(3)8-6-9;1-7(4-5-7)6-8(2)3;2*1-2/h4-8H2,1-3H3;4-6H2,1-3H3;2*1-2H3. The van der Waals surface area contributed by atoms with Crippen LogP contribution >= 0.6 is 0 Å². The second-order valence-electron chi connectivity index (χ2n) is 7.52. The molecule has 2 nitrogen and oxygen atoms in total. The fourth-order valence-corrected chi connectivity index (χ4v) is 2.65. The Morgan fingerprint density at radius 3 is 1.45 bits per heavy atom. The van der Waals surface area contributed by atoms with Crippen LogP contribution in [0.1, 0.15) is 80.6 Å². The molecule has 1 aliphatic heterocycles. The number of rotatable bonds is 3. The Morgan fingerprint density at radius 2 is 1.23 bits per heavy atom. The summed E-state index contributed by atoms with van der Waals surface area (Å²) in [5, 5.41) is 0. The van der Waals surface area contributed by atoms with Gasteiger partial charge < -0.3 is 9.80 Å². The first-order chi connectivity index (χ1) is 10.3. The lowest BCUT2D eigenvalue weighted by atomic mass is 9.78. The lowest BCUT2D eigenvalue weighted by molar-refractivity contribution is 0.135. The van der Waals surface area contributed by atoms with Gasteiger partial charge in [0, 0.05) is 6.54 Å². The Balaban J connectivity index is 0. The number of hydrogen-bond donors (Lipinski definition) is 0. The Labute approximate surface area is 142 Å². The minimum atomic E-state index is 0.659. The second kappa shape index (κ2) is 12.4. The summed E-state index contributed by atoms with van der Waals surface area (Å²) in [7, 11) is 6.50. The van der Waals surface area contributed by atoms with Gasteiger partial charge in [-0.05, 0) is 70.7 Å². The highest BCUT2D eigenvalue weighted by Crippen LogP contribution is 2.44. The van der Waals surface area contributed by atoms with Gasteiger partial charge in [-0.25, -0.2) is 0 Å². The third kappa shape index (κ3) is 11.5. The predicted octanol–water partition coefficient (Wildman–Crippen LogP) is 5.53. The molecule has 0 unspecified atom stereocenters. The Morgan fingerprint density at radius 1 is 0.818 bits per heavy atom. The van der Waals surface area contributed by atoms with Gasteiger partial charge >= 0.3 is 0 Å². The van der Waals surface area contributed by atoms with E-state index in [9.17, 15) is 0 Å². The van der Waals surface area contributed by atoms with E-state index < -0.39 is 0 Å². The van der Waals surface area contributed by atoms with E-state index in [0.29, 0.717) is 10.8 Å². The average molecular weight is 315 g/mol. The zero-order valence-electron chi connectivity index (χ0n) is 17.6. The highest BCUT2D eigenvalue weighted by molar-refractivity contribution is 4.89. The van der Waals surface area contributed by atoms with Gasteiger partial charge in [0.25, 0.3) is 0 Å². The molecular formula is C20H46N2. The van der Waals surface area contributed by atoms with Crippen molar-refractivity contribution in [3.05, 3.63) is 0 Å².